The summed E-state index contributed by atoms with van der Waals surface area (Å²) in [7, 11) is -3.50. The van der Waals surface area contributed by atoms with Gasteiger partial charge in [0.25, 0.3) is 0 Å². The summed E-state index contributed by atoms with van der Waals surface area (Å²) in [5, 5.41) is 2.84. The lowest BCUT2D eigenvalue weighted by molar-refractivity contribution is -0.116. The van der Waals surface area contributed by atoms with Gasteiger partial charge in [0.1, 0.15) is 0 Å². The molecule has 1 aromatic rings. The van der Waals surface area contributed by atoms with E-state index >= 15 is 0 Å². The number of amides is 1. The average Bonchev–Trinajstić information content (AvgIpc) is 3.06. The predicted octanol–water partition coefficient (Wildman–Crippen LogP) is 1.74. The fraction of sp³-hybridized carbons (Fsp3) is 0.588. The highest BCUT2D eigenvalue weighted by molar-refractivity contribution is 7.89. The van der Waals surface area contributed by atoms with E-state index in [2.05, 4.69) is 5.32 Å². The van der Waals surface area contributed by atoms with E-state index in [-0.39, 0.29) is 24.4 Å². The standard InChI is InChI=1S/C17H23N3O3S.ClH/c18-15-6-4-12-9-20(10-14(12)15)24(22,23)13-5-7-16-11(8-13)2-1-3-17(21)19-16;/h5,7-8,12,14-15H,1-4,6,9-10,18H2,(H,19,21);1H. The number of nitrogens with one attached hydrogen (secondary N) is 1. The second-order valence-electron chi connectivity index (χ2n) is 7.21. The first kappa shape index (κ1) is 18.6. The van der Waals surface area contributed by atoms with Gasteiger partial charge in [0.15, 0.2) is 0 Å². The monoisotopic (exact) mass is 385 g/mol. The molecule has 6 nitrogen and oxygen atoms in total. The molecule has 0 spiro atoms. The zero-order chi connectivity index (χ0) is 16.9. The van der Waals surface area contributed by atoms with Crippen LogP contribution in [0.2, 0.25) is 0 Å². The Bertz CT molecular complexity index is 783. The van der Waals surface area contributed by atoms with Crippen molar-refractivity contribution in [2.45, 2.75) is 43.0 Å². The molecule has 138 valence electrons. The van der Waals surface area contributed by atoms with Gasteiger partial charge in [-0.2, -0.15) is 4.31 Å². The number of rotatable bonds is 2. The Morgan fingerprint density at radius 1 is 1.16 bits per heavy atom. The van der Waals surface area contributed by atoms with Gasteiger partial charge in [0, 0.05) is 31.2 Å². The Labute approximate surface area is 154 Å². The average molecular weight is 386 g/mol. The quantitative estimate of drug-likeness (QED) is 0.811. The second kappa shape index (κ2) is 6.87. The van der Waals surface area contributed by atoms with Crippen LogP contribution in [0.25, 0.3) is 0 Å². The minimum atomic E-state index is -3.50. The third-order valence-corrected chi connectivity index (χ3v) is 7.54. The van der Waals surface area contributed by atoms with Crippen LogP contribution in [0.5, 0.6) is 0 Å². The Morgan fingerprint density at radius 2 is 1.96 bits per heavy atom. The summed E-state index contributed by atoms with van der Waals surface area (Å²) in [5.74, 6) is 0.681. The molecule has 0 bridgehead atoms. The molecule has 2 fully saturated rings. The lowest BCUT2D eigenvalue weighted by atomic mass is 9.98. The predicted molar refractivity (Wildman–Crippen MR) is 98.2 cm³/mol. The number of carbonyl (C=O) groups is 1. The third kappa shape index (κ3) is 3.30. The maximum atomic E-state index is 13.0. The Balaban J connectivity index is 0.00000182. The molecule has 3 atom stereocenters. The molecule has 1 amide bonds. The van der Waals surface area contributed by atoms with Crippen LogP contribution in [0.15, 0.2) is 23.1 Å². The summed E-state index contributed by atoms with van der Waals surface area (Å²) >= 11 is 0. The molecule has 4 rings (SSSR count). The van der Waals surface area contributed by atoms with Crippen LogP contribution in [-0.2, 0) is 21.2 Å². The number of halogens is 1. The molecular weight excluding hydrogens is 362 g/mol. The van der Waals surface area contributed by atoms with E-state index in [1.807, 2.05) is 0 Å². The Morgan fingerprint density at radius 3 is 2.72 bits per heavy atom. The van der Waals surface area contributed by atoms with E-state index in [1.54, 1.807) is 22.5 Å². The highest BCUT2D eigenvalue weighted by Gasteiger charge is 2.45. The second-order valence-corrected chi connectivity index (χ2v) is 9.15. The van der Waals surface area contributed by atoms with Crippen molar-refractivity contribution >= 4 is 34.0 Å². The van der Waals surface area contributed by atoms with E-state index in [1.165, 1.54) is 0 Å². The van der Waals surface area contributed by atoms with Gasteiger partial charge in [0.2, 0.25) is 15.9 Å². The van der Waals surface area contributed by atoms with Gasteiger partial charge in [-0.15, -0.1) is 12.4 Å². The lowest BCUT2D eigenvalue weighted by Gasteiger charge is -2.19. The molecule has 2 heterocycles. The lowest BCUT2D eigenvalue weighted by Crippen LogP contribution is -2.33. The van der Waals surface area contributed by atoms with Crippen molar-refractivity contribution in [3.05, 3.63) is 23.8 Å². The van der Waals surface area contributed by atoms with Gasteiger partial charge in [-0.1, -0.05) is 0 Å². The van der Waals surface area contributed by atoms with Gasteiger partial charge in [-0.3, -0.25) is 4.79 Å². The highest BCUT2D eigenvalue weighted by Crippen LogP contribution is 2.39. The summed E-state index contributed by atoms with van der Waals surface area (Å²) in [5.41, 5.74) is 7.76. The van der Waals surface area contributed by atoms with E-state index in [4.69, 9.17) is 5.73 Å². The van der Waals surface area contributed by atoms with Crippen molar-refractivity contribution in [1.82, 2.24) is 4.31 Å². The zero-order valence-electron chi connectivity index (χ0n) is 14.0. The topological polar surface area (TPSA) is 92.5 Å². The van der Waals surface area contributed by atoms with Crippen molar-refractivity contribution in [1.29, 1.82) is 0 Å². The van der Waals surface area contributed by atoms with Crippen molar-refractivity contribution in [3.63, 3.8) is 0 Å². The molecule has 2 aliphatic heterocycles. The molecule has 3 N–H and O–H groups in total. The van der Waals surface area contributed by atoms with Crippen LogP contribution in [0.4, 0.5) is 5.69 Å². The van der Waals surface area contributed by atoms with Crippen molar-refractivity contribution in [3.8, 4) is 0 Å². The fourth-order valence-corrected chi connectivity index (χ4v) is 5.91. The van der Waals surface area contributed by atoms with Crippen molar-refractivity contribution in [2.75, 3.05) is 18.4 Å². The van der Waals surface area contributed by atoms with Crippen molar-refractivity contribution < 1.29 is 13.2 Å². The first-order chi connectivity index (χ1) is 11.4. The van der Waals surface area contributed by atoms with Gasteiger partial charge in [-0.25, -0.2) is 8.42 Å². The number of carbonyl (C=O) groups excluding carboxylic acids is 1. The molecule has 3 unspecified atom stereocenters. The minimum Gasteiger partial charge on any atom is -0.327 e. The number of fused-ring (bicyclic) bond motifs is 2. The summed E-state index contributed by atoms with van der Waals surface area (Å²) in [6, 6.07) is 5.17. The first-order valence-corrected chi connectivity index (χ1v) is 10.1. The highest BCUT2D eigenvalue weighted by atomic mass is 35.5. The van der Waals surface area contributed by atoms with E-state index < -0.39 is 10.0 Å². The fourth-order valence-electron chi connectivity index (χ4n) is 4.32. The third-order valence-electron chi connectivity index (χ3n) is 5.72. The van der Waals surface area contributed by atoms with Crippen LogP contribution in [0, 0.1) is 11.8 Å². The molecule has 25 heavy (non-hydrogen) atoms. The number of nitrogens with two attached hydrogens (primary N) is 1. The molecule has 0 radical (unpaired) electrons. The number of anilines is 1. The van der Waals surface area contributed by atoms with Gasteiger partial charge >= 0.3 is 0 Å². The number of hydrogen-bond acceptors (Lipinski definition) is 4. The van der Waals surface area contributed by atoms with Crippen LogP contribution in [0.1, 0.15) is 31.2 Å². The van der Waals surface area contributed by atoms with E-state index in [9.17, 15) is 13.2 Å². The first-order valence-electron chi connectivity index (χ1n) is 8.63. The van der Waals surface area contributed by atoms with Gasteiger partial charge < -0.3 is 11.1 Å². The largest absolute Gasteiger partial charge is 0.327 e. The summed E-state index contributed by atoms with van der Waals surface area (Å²) in [6.07, 6.45) is 3.96. The molecule has 1 aliphatic carbocycles. The van der Waals surface area contributed by atoms with E-state index in [0.29, 0.717) is 42.7 Å². The zero-order valence-corrected chi connectivity index (χ0v) is 15.6. The summed E-state index contributed by atoms with van der Waals surface area (Å²) in [6.45, 7) is 1.11. The molecule has 1 saturated heterocycles. The Kier molecular flexibility index (Phi) is 5.12. The van der Waals surface area contributed by atoms with Crippen LogP contribution >= 0.6 is 12.4 Å². The summed E-state index contributed by atoms with van der Waals surface area (Å²) in [4.78, 5) is 12.0. The van der Waals surface area contributed by atoms with E-state index in [0.717, 1.165) is 30.5 Å². The molecule has 0 aromatic heterocycles. The Hall–Kier alpha value is -1.15. The number of nitrogens with zero attached hydrogens (tertiary/aromatic N) is 1. The van der Waals surface area contributed by atoms with Gasteiger partial charge in [0.05, 0.1) is 4.90 Å². The van der Waals surface area contributed by atoms with Gasteiger partial charge in [-0.05, 0) is 61.3 Å². The number of benzene rings is 1. The molecule has 1 saturated carbocycles. The molecule has 8 heteroatoms. The number of hydrogen-bond donors (Lipinski definition) is 2. The summed E-state index contributed by atoms with van der Waals surface area (Å²) < 4.78 is 27.6. The maximum absolute atomic E-state index is 13.0. The normalized spacial score (nSPS) is 29.3. The van der Waals surface area contributed by atoms with Crippen LogP contribution in [-0.4, -0.2) is 37.8 Å². The minimum absolute atomic E-state index is 0. The number of sulfonamides is 1. The molecule has 1 aromatic carbocycles. The maximum Gasteiger partial charge on any atom is 0.243 e. The molecule has 3 aliphatic rings. The molecular formula is C17H24ClN3O3S. The van der Waals surface area contributed by atoms with Crippen molar-refractivity contribution in [2.24, 2.45) is 17.6 Å². The number of aryl methyl sites for hydroxylation is 1. The van der Waals surface area contributed by atoms with Crippen LogP contribution < -0.4 is 11.1 Å². The van der Waals surface area contributed by atoms with Crippen LogP contribution in [0.3, 0.4) is 0 Å². The SMILES string of the molecule is Cl.NC1CCC2CN(S(=O)(=O)c3ccc4c(c3)CCCC(=O)N4)CC12. The smallest absolute Gasteiger partial charge is 0.243 e.